The fourth-order valence-corrected chi connectivity index (χ4v) is 1.31. The minimum Gasteiger partial charge on any atom is -0.360 e. The number of aromatic nitrogens is 6. The number of anilines is 1. The number of nitrogens with one attached hydrogen (secondary N) is 2. The van der Waals surface area contributed by atoms with Crippen LogP contribution in [0.3, 0.4) is 0 Å². The van der Waals surface area contributed by atoms with Gasteiger partial charge in [-0.1, -0.05) is 12.1 Å². The van der Waals surface area contributed by atoms with E-state index in [0.29, 0.717) is 5.82 Å². The summed E-state index contributed by atoms with van der Waals surface area (Å²) in [4.78, 5) is 8.26. The Morgan fingerprint density at radius 1 is 1.44 bits per heavy atom. The Kier molecular flexibility index (Phi) is 3.04. The standard InChI is InChI=1S/C9H13N7/c1-3-7-4-8(11-5-10-7)12-6(2)9-13-15-16-14-9/h4-6H,3H2,1-2H3,(H,10,11,12)(H,13,14,15,16). The van der Waals surface area contributed by atoms with Gasteiger partial charge in [-0.2, -0.15) is 5.21 Å². The number of aryl methyl sites for hydroxylation is 1. The van der Waals surface area contributed by atoms with E-state index in [9.17, 15) is 0 Å². The molecule has 2 aromatic rings. The van der Waals surface area contributed by atoms with Crippen molar-refractivity contribution in [2.75, 3.05) is 5.32 Å². The Balaban J connectivity index is 2.08. The van der Waals surface area contributed by atoms with Crippen LogP contribution in [0.5, 0.6) is 0 Å². The smallest absolute Gasteiger partial charge is 0.196 e. The van der Waals surface area contributed by atoms with Crippen LogP contribution >= 0.6 is 0 Å². The van der Waals surface area contributed by atoms with Gasteiger partial charge in [-0.3, -0.25) is 0 Å². The van der Waals surface area contributed by atoms with Crippen molar-refractivity contribution in [3.63, 3.8) is 0 Å². The van der Waals surface area contributed by atoms with Gasteiger partial charge in [0.05, 0.1) is 6.04 Å². The normalized spacial score (nSPS) is 12.4. The maximum atomic E-state index is 4.13. The molecular formula is C9H13N7. The monoisotopic (exact) mass is 219 g/mol. The van der Waals surface area contributed by atoms with Crippen molar-refractivity contribution in [3.8, 4) is 0 Å². The third kappa shape index (κ3) is 2.30. The van der Waals surface area contributed by atoms with Crippen molar-refractivity contribution in [2.24, 2.45) is 0 Å². The Bertz CT molecular complexity index is 439. The third-order valence-electron chi connectivity index (χ3n) is 2.20. The predicted molar refractivity (Wildman–Crippen MR) is 57.6 cm³/mol. The Hall–Kier alpha value is -2.05. The maximum absolute atomic E-state index is 4.13. The molecule has 0 aliphatic carbocycles. The zero-order chi connectivity index (χ0) is 11.4. The molecule has 7 nitrogen and oxygen atoms in total. The summed E-state index contributed by atoms with van der Waals surface area (Å²) >= 11 is 0. The molecule has 7 heteroatoms. The van der Waals surface area contributed by atoms with Gasteiger partial charge in [-0.25, -0.2) is 9.97 Å². The summed E-state index contributed by atoms with van der Waals surface area (Å²) in [6, 6.07) is 1.87. The molecule has 0 spiro atoms. The lowest BCUT2D eigenvalue weighted by Gasteiger charge is -2.10. The topological polar surface area (TPSA) is 92.3 Å². The molecule has 2 heterocycles. The highest BCUT2D eigenvalue weighted by molar-refractivity contribution is 5.36. The fraction of sp³-hybridized carbons (Fsp3) is 0.444. The van der Waals surface area contributed by atoms with E-state index in [1.54, 1.807) is 6.33 Å². The number of hydrogen-bond acceptors (Lipinski definition) is 6. The first-order valence-electron chi connectivity index (χ1n) is 5.10. The summed E-state index contributed by atoms with van der Waals surface area (Å²) in [6.45, 7) is 3.99. The first kappa shape index (κ1) is 10.5. The van der Waals surface area contributed by atoms with Gasteiger partial charge >= 0.3 is 0 Å². The van der Waals surface area contributed by atoms with Crippen molar-refractivity contribution in [1.29, 1.82) is 0 Å². The van der Waals surface area contributed by atoms with Gasteiger partial charge in [-0.05, 0) is 13.3 Å². The molecule has 0 fully saturated rings. The van der Waals surface area contributed by atoms with E-state index in [0.717, 1.165) is 17.9 Å². The number of hydrogen-bond donors (Lipinski definition) is 2. The highest BCUT2D eigenvalue weighted by atomic mass is 15.5. The lowest BCUT2D eigenvalue weighted by molar-refractivity contribution is 0.785. The molecule has 0 saturated heterocycles. The Morgan fingerprint density at radius 3 is 3.00 bits per heavy atom. The van der Waals surface area contributed by atoms with E-state index in [4.69, 9.17) is 0 Å². The van der Waals surface area contributed by atoms with Crippen LogP contribution in [-0.4, -0.2) is 30.6 Å². The molecule has 1 atom stereocenters. The minimum absolute atomic E-state index is 0.0432. The molecule has 2 aromatic heterocycles. The average Bonchev–Trinajstić information content (AvgIpc) is 2.83. The summed E-state index contributed by atoms with van der Waals surface area (Å²) in [7, 11) is 0. The summed E-state index contributed by atoms with van der Waals surface area (Å²) < 4.78 is 0. The summed E-state index contributed by atoms with van der Waals surface area (Å²) in [6.07, 6.45) is 2.43. The highest BCUT2D eigenvalue weighted by Gasteiger charge is 2.10. The second-order valence-corrected chi connectivity index (χ2v) is 3.38. The van der Waals surface area contributed by atoms with Crippen LogP contribution in [0.15, 0.2) is 12.4 Å². The number of aromatic amines is 1. The molecule has 16 heavy (non-hydrogen) atoms. The highest BCUT2D eigenvalue weighted by Crippen LogP contribution is 2.13. The zero-order valence-electron chi connectivity index (χ0n) is 9.18. The van der Waals surface area contributed by atoms with Crippen molar-refractivity contribution >= 4 is 5.82 Å². The lowest BCUT2D eigenvalue weighted by atomic mass is 10.3. The van der Waals surface area contributed by atoms with Crippen LogP contribution in [0.1, 0.15) is 31.4 Å². The van der Waals surface area contributed by atoms with Gasteiger partial charge in [0.2, 0.25) is 0 Å². The van der Waals surface area contributed by atoms with E-state index in [1.165, 1.54) is 0 Å². The van der Waals surface area contributed by atoms with Gasteiger partial charge in [0.25, 0.3) is 0 Å². The second kappa shape index (κ2) is 4.65. The summed E-state index contributed by atoms with van der Waals surface area (Å²) in [5.74, 6) is 1.38. The molecule has 0 aromatic carbocycles. The maximum Gasteiger partial charge on any atom is 0.196 e. The van der Waals surface area contributed by atoms with Crippen molar-refractivity contribution in [3.05, 3.63) is 23.9 Å². The zero-order valence-corrected chi connectivity index (χ0v) is 9.18. The largest absolute Gasteiger partial charge is 0.360 e. The van der Waals surface area contributed by atoms with Crippen molar-refractivity contribution in [1.82, 2.24) is 30.6 Å². The van der Waals surface area contributed by atoms with Crippen LogP contribution in [0.25, 0.3) is 0 Å². The molecule has 84 valence electrons. The van der Waals surface area contributed by atoms with E-state index in [1.807, 2.05) is 13.0 Å². The van der Waals surface area contributed by atoms with Crippen LogP contribution in [0.4, 0.5) is 5.82 Å². The average molecular weight is 219 g/mol. The number of tetrazole rings is 1. The molecular weight excluding hydrogens is 206 g/mol. The summed E-state index contributed by atoms with van der Waals surface area (Å²) in [5, 5.41) is 16.9. The first-order chi connectivity index (χ1) is 7.79. The van der Waals surface area contributed by atoms with Gasteiger partial charge in [0, 0.05) is 11.8 Å². The lowest BCUT2D eigenvalue weighted by Crippen LogP contribution is -2.10. The van der Waals surface area contributed by atoms with Crippen LogP contribution in [-0.2, 0) is 6.42 Å². The third-order valence-corrected chi connectivity index (χ3v) is 2.20. The van der Waals surface area contributed by atoms with Gasteiger partial charge < -0.3 is 5.32 Å². The molecule has 1 unspecified atom stereocenters. The van der Waals surface area contributed by atoms with Gasteiger partial charge in [0.1, 0.15) is 12.1 Å². The summed E-state index contributed by atoms with van der Waals surface area (Å²) in [5.41, 5.74) is 0.998. The van der Waals surface area contributed by atoms with Crippen LogP contribution < -0.4 is 5.32 Å². The van der Waals surface area contributed by atoms with E-state index in [-0.39, 0.29) is 6.04 Å². The van der Waals surface area contributed by atoms with Crippen molar-refractivity contribution < 1.29 is 0 Å². The number of H-pyrrole nitrogens is 1. The number of nitrogens with zero attached hydrogens (tertiary/aromatic N) is 5. The van der Waals surface area contributed by atoms with Crippen LogP contribution in [0, 0.1) is 0 Å². The van der Waals surface area contributed by atoms with Gasteiger partial charge in [-0.15, -0.1) is 10.2 Å². The fourth-order valence-electron chi connectivity index (χ4n) is 1.31. The Labute approximate surface area is 92.7 Å². The molecule has 2 N–H and O–H groups in total. The molecule has 0 aliphatic heterocycles. The number of rotatable bonds is 4. The predicted octanol–water partition coefficient (Wildman–Crippen LogP) is 0.725. The quantitative estimate of drug-likeness (QED) is 0.787. The molecule has 0 radical (unpaired) electrons. The van der Waals surface area contributed by atoms with Gasteiger partial charge in [0.15, 0.2) is 5.82 Å². The molecule has 2 rings (SSSR count). The molecule has 0 saturated carbocycles. The SMILES string of the molecule is CCc1cc(NC(C)c2nn[nH]n2)ncn1. The van der Waals surface area contributed by atoms with Crippen LogP contribution in [0.2, 0.25) is 0 Å². The Morgan fingerprint density at radius 2 is 2.31 bits per heavy atom. The molecule has 0 amide bonds. The molecule has 0 aliphatic rings. The van der Waals surface area contributed by atoms with E-state index < -0.39 is 0 Å². The van der Waals surface area contributed by atoms with E-state index >= 15 is 0 Å². The molecule has 0 bridgehead atoms. The minimum atomic E-state index is -0.0432. The van der Waals surface area contributed by atoms with Crippen molar-refractivity contribution in [2.45, 2.75) is 26.3 Å². The van der Waals surface area contributed by atoms with E-state index in [2.05, 4.69) is 42.8 Å². The second-order valence-electron chi connectivity index (χ2n) is 3.38. The first-order valence-corrected chi connectivity index (χ1v) is 5.10.